The predicted octanol–water partition coefficient (Wildman–Crippen LogP) is 2.75. The lowest BCUT2D eigenvalue weighted by Gasteiger charge is -2.46. The number of rotatable bonds is 3. The number of carbonyl (C=O) groups excluding carboxylic acids is 2. The highest BCUT2D eigenvalue weighted by molar-refractivity contribution is 7.75. The molecule has 0 aromatic heterocycles. The Morgan fingerprint density at radius 2 is 2.15 bits per heavy atom. The first-order valence-electron chi connectivity index (χ1n) is 7.21. The van der Waals surface area contributed by atoms with E-state index in [1.54, 1.807) is 0 Å². The predicted molar refractivity (Wildman–Crippen MR) is 80.1 cm³/mol. The van der Waals surface area contributed by atoms with Crippen LogP contribution in [-0.2, 0) is 13.8 Å². The van der Waals surface area contributed by atoms with Gasteiger partial charge < -0.3 is 9.08 Å². The van der Waals surface area contributed by atoms with Crippen LogP contribution in [0.5, 0.6) is 0 Å². The second kappa shape index (κ2) is 5.80. The van der Waals surface area contributed by atoms with Crippen molar-refractivity contribution in [3.63, 3.8) is 0 Å². The molecule has 1 amide bonds. The molecule has 1 aliphatic heterocycles. The summed E-state index contributed by atoms with van der Waals surface area (Å²) in [4.78, 5) is 25.3. The van der Waals surface area contributed by atoms with Gasteiger partial charge in [0.05, 0.1) is 0 Å². The van der Waals surface area contributed by atoms with Crippen molar-refractivity contribution in [3.05, 3.63) is 11.3 Å². The zero-order chi connectivity index (χ0) is 14.9. The van der Waals surface area contributed by atoms with Gasteiger partial charge in [-0.25, -0.2) is 0 Å². The number of amides is 1. The van der Waals surface area contributed by atoms with Gasteiger partial charge in [-0.3, -0.25) is 9.59 Å². The number of carbonyl (C=O) groups is 2. The van der Waals surface area contributed by atoms with Crippen molar-refractivity contribution in [1.82, 2.24) is 4.90 Å². The molecule has 20 heavy (non-hydrogen) atoms. The molecule has 0 radical (unpaired) electrons. The van der Waals surface area contributed by atoms with E-state index in [0.29, 0.717) is 6.42 Å². The van der Waals surface area contributed by atoms with E-state index in [-0.39, 0.29) is 23.2 Å². The van der Waals surface area contributed by atoms with Crippen LogP contribution < -0.4 is 0 Å². The summed E-state index contributed by atoms with van der Waals surface area (Å²) in [7, 11) is 0. The highest BCUT2D eigenvalue weighted by Crippen LogP contribution is 2.48. The molecule has 1 saturated heterocycles. The minimum Gasteiger partial charge on any atom is -0.433 e. The average molecular weight is 297 g/mol. The SMILES string of the molecule is CC(C)C1=C(OS)CC2(CCN(C=O)C(C)C2)CC1=O. The quantitative estimate of drug-likeness (QED) is 0.495. The van der Waals surface area contributed by atoms with Crippen LogP contribution in [0.1, 0.15) is 46.5 Å². The van der Waals surface area contributed by atoms with Crippen molar-refractivity contribution in [2.24, 2.45) is 11.3 Å². The molecule has 1 heterocycles. The molecule has 2 atom stereocenters. The lowest BCUT2D eigenvalue weighted by atomic mass is 9.65. The maximum atomic E-state index is 12.5. The van der Waals surface area contributed by atoms with Gasteiger partial charge in [-0.2, -0.15) is 0 Å². The Kier molecular flexibility index (Phi) is 4.47. The van der Waals surface area contributed by atoms with Crippen LogP contribution in [0.2, 0.25) is 0 Å². The second-order valence-corrected chi connectivity index (χ2v) is 6.69. The van der Waals surface area contributed by atoms with Crippen LogP contribution in [0.25, 0.3) is 0 Å². The smallest absolute Gasteiger partial charge is 0.209 e. The number of allylic oxidation sites excluding steroid dienone is 2. The fourth-order valence-corrected chi connectivity index (χ4v) is 3.89. The Hall–Kier alpha value is -0.970. The van der Waals surface area contributed by atoms with E-state index in [4.69, 9.17) is 4.18 Å². The lowest BCUT2D eigenvalue weighted by molar-refractivity contribution is -0.125. The summed E-state index contributed by atoms with van der Waals surface area (Å²) in [5.74, 6) is 1.07. The van der Waals surface area contributed by atoms with Gasteiger partial charge in [0.15, 0.2) is 5.78 Å². The lowest BCUT2D eigenvalue weighted by Crippen LogP contribution is -2.47. The van der Waals surface area contributed by atoms with Gasteiger partial charge in [0.1, 0.15) is 5.76 Å². The van der Waals surface area contributed by atoms with E-state index in [1.165, 1.54) is 0 Å². The van der Waals surface area contributed by atoms with Gasteiger partial charge >= 0.3 is 0 Å². The standard InChI is InChI=1S/C15H23NO3S/c1-10(2)14-12(18)7-15(8-13(14)19-20)4-5-16(9-17)11(3)6-15/h9-11,20H,4-8H2,1-3H3. The molecule has 1 aliphatic carbocycles. The number of nitrogens with zero attached hydrogens (tertiary/aromatic N) is 1. The Morgan fingerprint density at radius 1 is 1.45 bits per heavy atom. The molecule has 0 aromatic rings. The fraction of sp³-hybridized carbons (Fsp3) is 0.733. The first kappa shape index (κ1) is 15.4. The molecular weight excluding hydrogens is 274 g/mol. The Labute approximate surface area is 126 Å². The molecule has 1 fully saturated rings. The number of likely N-dealkylation sites (tertiary alicyclic amines) is 1. The molecular formula is C15H23NO3S. The summed E-state index contributed by atoms with van der Waals surface area (Å²) >= 11 is 3.94. The number of ketones is 1. The van der Waals surface area contributed by atoms with E-state index in [1.807, 2.05) is 25.7 Å². The average Bonchev–Trinajstić information content (AvgIpc) is 2.37. The van der Waals surface area contributed by atoms with Crippen LogP contribution in [0.3, 0.4) is 0 Å². The molecule has 0 aromatic carbocycles. The molecule has 2 unspecified atom stereocenters. The molecule has 5 heteroatoms. The second-order valence-electron chi connectivity index (χ2n) is 6.51. The van der Waals surface area contributed by atoms with Crippen LogP contribution in [0.4, 0.5) is 0 Å². The van der Waals surface area contributed by atoms with Crippen molar-refractivity contribution < 1.29 is 13.8 Å². The maximum absolute atomic E-state index is 12.5. The fourth-order valence-electron chi connectivity index (χ4n) is 3.73. The summed E-state index contributed by atoms with van der Waals surface area (Å²) < 4.78 is 5.22. The van der Waals surface area contributed by atoms with Gasteiger partial charge in [0, 0.05) is 43.9 Å². The summed E-state index contributed by atoms with van der Waals surface area (Å²) in [5, 5.41) is 0. The third-order valence-corrected chi connectivity index (χ3v) is 4.91. The van der Waals surface area contributed by atoms with Crippen LogP contribution >= 0.6 is 12.9 Å². The maximum Gasteiger partial charge on any atom is 0.209 e. The van der Waals surface area contributed by atoms with E-state index in [9.17, 15) is 9.59 Å². The molecule has 4 nitrogen and oxygen atoms in total. The molecule has 0 N–H and O–H groups in total. The number of thiol groups is 1. The monoisotopic (exact) mass is 297 g/mol. The number of hydrogen-bond acceptors (Lipinski definition) is 4. The number of Topliss-reactive ketones (excluding diaryl/α,β-unsaturated/α-hetero) is 1. The van der Waals surface area contributed by atoms with Crippen molar-refractivity contribution in [1.29, 1.82) is 0 Å². The first-order valence-corrected chi connectivity index (χ1v) is 7.57. The normalized spacial score (nSPS) is 31.1. The van der Waals surface area contributed by atoms with Crippen molar-refractivity contribution >= 4 is 25.1 Å². The number of hydrogen-bond donors (Lipinski definition) is 1. The van der Waals surface area contributed by atoms with E-state index in [0.717, 1.165) is 43.5 Å². The molecule has 0 saturated carbocycles. The van der Waals surface area contributed by atoms with Gasteiger partial charge in [-0.15, -0.1) is 0 Å². The van der Waals surface area contributed by atoms with Gasteiger partial charge in [-0.05, 0) is 31.1 Å². The molecule has 0 bridgehead atoms. The summed E-state index contributed by atoms with van der Waals surface area (Å²) in [6.07, 6.45) is 3.94. The number of piperidine rings is 1. The summed E-state index contributed by atoms with van der Waals surface area (Å²) in [6, 6.07) is 0.177. The van der Waals surface area contributed by atoms with Crippen LogP contribution in [0, 0.1) is 11.3 Å². The van der Waals surface area contributed by atoms with E-state index < -0.39 is 0 Å². The molecule has 1 spiro atoms. The highest BCUT2D eigenvalue weighted by atomic mass is 32.1. The van der Waals surface area contributed by atoms with Gasteiger partial charge in [-0.1, -0.05) is 13.8 Å². The third kappa shape index (κ3) is 2.73. The minimum atomic E-state index is -0.0630. The van der Waals surface area contributed by atoms with E-state index in [2.05, 4.69) is 12.9 Å². The molecule has 2 rings (SSSR count). The zero-order valence-corrected chi connectivity index (χ0v) is 13.3. The largest absolute Gasteiger partial charge is 0.433 e. The highest BCUT2D eigenvalue weighted by Gasteiger charge is 2.45. The minimum absolute atomic E-state index is 0.0630. The Morgan fingerprint density at radius 3 is 2.65 bits per heavy atom. The third-order valence-electron chi connectivity index (χ3n) is 4.69. The first-order chi connectivity index (χ1) is 9.42. The topological polar surface area (TPSA) is 46.6 Å². The van der Waals surface area contributed by atoms with E-state index >= 15 is 0 Å². The van der Waals surface area contributed by atoms with Crippen molar-refractivity contribution in [3.8, 4) is 0 Å². The van der Waals surface area contributed by atoms with Crippen molar-refractivity contribution in [2.45, 2.75) is 52.5 Å². The van der Waals surface area contributed by atoms with Crippen LogP contribution in [0.15, 0.2) is 11.3 Å². The summed E-state index contributed by atoms with van der Waals surface area (Å²) in [5.41, 5.74) is 0.725. The van der Waals surface area contributed by atoms with Crippen molar-refractivity contribution in [2.75, 3.05) is 6.54 Å². The Bertz CT molecular complexity index is 446. The summed E-state index contributed by atoms with van der Waals surface area (Å²) in [6.45, 7) is 6.78. The van der Waals surface area contributed by atoms with Gasteiger partial charge in [0.2, 0.25) is 6.41 Å². The zero-order valence-electron chi connectivity index (χ0n) is 12.4. The van der Waals surface area contributed by atoms with Crippen LogP contribution in [-0.4, -0.2) is 29.7 Å². The van der Waals surface area contributed by atoms with Gasteiger partial charge in [0.25, 0.3) is 0 Å². The Balaban J connectivity index is 2.26. The molecule has 112 valence electrons. The molecule has 2 aliphatic rings.